The molecule has 1 saturated heterocycles. The first-order chi connectivity index (χ1) is 13.3. The number of rotatable bonds is 4. The van der Waals surface area contributed by atoms with Crippen molar-refractivity contribution in [1.82, 2.24) is 5.32 Å². The van der Waals surface area contributed by atoms with E-state index in [9.17, 15) is 0 Å². The number of methoxy groups -OCH3 is 1. The van der Waals surface area contributed by atoms with Crippen molar-refractivity contribution in [3.63, 3.8) is 0 Å². The lowest BCUT2D eigenvalue weighted by molar-refractivity contribution is 0.342. The van der Waals surface area contributed by atoms with Crippen LogP contribution >= 0.6 is 0 Å². The van der Waals surface area contributed by atoms with Crippen LogP contribution in [-0.4, -0.2) is 20.2 Å². The molecule has 6 heteroatoms. The molecule has 27 heavy (non-hydrogen) atoms. The molecule has 2 aromatic carbocycles. The zero-order valence-corrected chi connectivity index (χ0v) is 15.4. The van der Waals surface area contributed by atoms with Gasteiger partial charge in [-0.1, -0.05) is 36.4 Å². The largest absolute Gasteiger partial charge is 0.496 e. The molecule has 1 spiro atoms. The van der Waals surface area contributed by atoms with E-state index in [0.29, 0.717) is 5.41 Å². The predicted octanol–water partition coefficient (Wildman–Crippen LogP) is 5.05. The summed E-state index contributed by atoms with van der Waals surface area (Å²) in [6.07, 6.45) is 3.61. The molecule has 6 nitrogen and oxygen atoms in total. The van der Waals surface area contributed by atoms with Crippen molar-refractivity contribution in [2.45, 2.75) is 31.3 Å². The Morgan fingerprint density at radius 2 is 1.67 bits per heavy atom. The SMILES string of the molecule is COc1cc(C2N=NN=N2)ccc1-c1ccc(C2CC23CCNCC3)cc1. The molecule has 0 amide bonds. The minimum absolute atomic E-state index is 0.355. The van der Waals surface area contributed by atoms with E-state index in [1.165, 1.54) is 24.8 Å². The van der Waals surface area contributed by atoms with Crippen LogP contribution in [0.2, 0.25) is 0 Å². The van der Waals surface area contributed by atoms with Crippen molar-refractivity contribution in [3.05, 3.63) is 53.6 Å². The number of ether oxygens (including phenoxy) is 1. The Hall–Kier alpha value is -2.60. The Balaban J connectivity index is 1.38. The van der Waals surface area contributed by atoms with Gasteiger partial charge in [0.05, 0.1) is 7.11 Å². The highest BCUT2D eigenvalue weighted by Crippen LogP contribution is 2.64. The maximum Gasteiger partial charge on any atom is 0.210 e. The molecule has 0 radical (unpaired) electrons. The maximum atomic E-state index is 5.63. The average molecular weight is 361 g/mol. The lowest BCUT2D eigenvalue weighted by atomic mass is 9.89. The number of benzene rings is 2. The van der Waals surface area contributed by atoms with Gasteiger partial charge in [0.2, 0.25) is 6.17 Å². The second-order valence-electron chi connectivity index (χ2n) is 7.73. The average Bonchev–Trinajstić information content (AvgIpc) is 3.16. The van der Waals surface area contributed by atoms with Crippen LogP contribution in [0.15, 0.2) is 63.1 Å². The molecule has 1 unspecified atom stereocenters. The molecule has 3 aliphatic rings. The zero-order chi connectivity index (χ0) is 18.3. The van der Waals surface area contributed by atoms with Gasteiger partial charge < -0.3 is 10.1 Å². The summed E-state index contributed by atoms with van der Waals surface area (Å²) in [5.41, 5.74) is 5.21. The van der Waals surface area contributed by atoms with Gasteiger partial charge in [0.1, 0.15) is 5.75 Å². The van der Waals surface area contributed by atoms with Gasteiger partial charge in [-0.3, -0.25) is 0 Å². The van der Waals surface area contributed by atoms with E-state index in [1.807, 2.05) is 12.1 Å². The summed E-state index contributed by atoms with van der Waals surface area (Å²) in [4.78, 5) is 0. The Bertz CT molecular complexity index is 887. The normalized spacial score (nSPS) is 23.1. The third-order valence-corrected chi connectivity index (χ3v) is 6.30. The first-order valence-corrected chi connectivity index (χ1v) is 9.58. The van der Waals surface area contributed by atoms with E-state index in [4.69, 9.17) is 4.74 Å². The van der Waals surface area contributed by atoms with Crippen LogP contribution < -0.4 is 10.1 Å². The highest BCUT2D eigenvalue weighted by molar-refractivity contribution is 5.71. The molecule has 5 rings (SSSR count). The molecule has 138 valence electrons. The molecule has 1 saturated carbocycles. The molecule has 1 N–H and O–H groups in total. The minimum Gasteiger partial charge on any atom is -0.496 e. The summed E-state index contributed by atoms with van der Waals surface area (Å²) in [5.74, 6) is 1.55. The number of hydrogen-bond donors (Lipinski definition) is 1. The van der Waals surface area contributed by atoms with Crippen LogP contribution in [0.5, 0.6) is 5.75 Å². The van der Waals surface area contributed by atoms with E-state index in [2.05, 4.69) is 56.3 Å². The summed E-state index contributed by atoms with van der Waals surface area (Å²) in [6, 6.07) is 15.1. The van der Waals surface area contributed by atoms with Crippen molar-refractivity contribution in [2.75, 3.05) is 20.2 Å². The fraction of sp³-hybridized carbons (Fsp3) is 0.429. The Labute approximate surface area is 158 Å². The Morgan fingerprint density at radius 3 is 2.37 bits per heavy atom. The first kappa shape index (κ1) is 16.6. The number of hydrogen-bond acceptors (Lipinski definition) is 6. The van der Waals surface area contributed by atoms with Crippen molar-refractivity contribution in [2.24, 2.45) is 26.1 Å². The van der Waals surface area contributed by atoms with Crippen LogP contribution in [0.1, 0.15) is 42.5 Å². The number of piperidine rings is 1. The van der Waals surface area contributed by atoms with Gasteiger partial charge in [-0.25, -0.2) is 0 Å². The van der Waals surface area contributed by atoms with E-state index in [1.54, 1.807) is 7.11 Å². The monoisotopic (exact) mass is 361 g/mol. The van der Waals surface area contributed by atoms with Gasteiger partial charge >= 0.3 is 0 Å². The summed E-state index contributed by atoms with van der Waals surface area (Å²) in [5, 5.41) is 18.6. The van der Waals surface area contributed by atoms with E-state index >= 15 is 0 Å². The molecular weight excluding hydrogens is 338 g/mol. The van der Waals surface area contributed by atoms with Crippen molar-refractivity contribution < 1.29 is 4.74 Å². The lowest BCUT2D eigenvalue weighted by Crippen LogP contribution is -2.29. The number of nitrogens with one attached hydrogen (secondary N) is 1. The van der Waals surface area contributed by atoms with Gasteiger partial charge in [-0.05, 0) is 71.3 Å². The minimum atomic E-state index is -0.355. The lowest BCUT2D eigenvalue weighted by Gasteiger charge is -2.23. The third-order valence-electron chi connectivity index (χ3n) is 6.30. The van der Waals surface area contributed by atoms with Crippen molar-refractivity contribution in [3.8, 4) is 16.9 Å². The molecule has 2 fully saturated rings. The Kier molecular flexibility index (Phi) is 4.01. The quantitative estimate of drug-likeness (QED) is 0.827. The van der Waals surface area contributed by atoms with Crippen LogP contribution in [0.4, 0.5) is 0 Å². The van der Waals surface area contributed by atoms with Crippen LogP contribution in [0.25, 0.3) is 11.1 Å². The molecule has 1 aliphatic carbocycles. The zero-order valence-electron chi connectivity index (χ0n) is 15.4. The van der Waals surface area contributed by atoms with E-state index < -0.39 is 0 Å². The second-order valence-corrected chi connectivity index (χ2v) is 7.73. The maximum absolute atomic E-state index is 5.63. The summed E-state index contributed by atoms with van der Waals surface area (Å²) >= 11 is 0. The van der Waals surface area contributed by atoms with Crippen molar-refractivity contribution in [1.29, 1.82) is 0 Å². The van der Waals surface area contributed by atoms with Crippen LogP contribution in [-0.2, 0) is 0 Å². The van der Waals surface area contributed by atoms with Gasteiger partial charge in [0, 0.05) is 11.1 Å². The highest BCUT2D eigenvalue weighted by atomic mass is 16.5. The standard InChI is InChI=1S/C21H23N5O/c1-27-19-12-16(20-23-25-26-24-20)6-7-17(19)14-2-4-15(5-3-14)18-13-21(18)8-10-22-11-9-21/h2-7,12,18,20,22H,8-11,13H2,1H3. The Morgan fingerprint density at radius 1 is 0.963 bits per heavy atom. The summed E-state index contributed by atoms with van der Waals surface area (Å²) < 4.78 is 5.63. The van der Waals surface area contributed by atoms with Gasteiger partial charge in [0.15, 0.2) is 0 Å². The van der Waals surface area contributed by atoms with E-state index in [0.717, 1.165) is 41.4 Å². The predicted molar refractivity (Wildman–Crippen MR) is 103 cm³/mol. The van der Waals surface area contributed by atoms with Crippen LogP contribution in [0, 0.1) is 5.41 Å². The fourth-order valence-corrected chi connectivity index (χ4v) is 4.60. The summed E-state index contributed by atoms with van der Waals surface area (Å²) in [6.45, 7) is 2.33. The van der Waals surface area contributed by atoms with Gasteiger partial charge in [0.25, 0.3) is 0 Å². The van der Waals surface area contributed by atoms with Crippen molar-refractivity contribution >= 4 is 0 Å². The smallest absolute Gasteiger partial charge is 0.210 e. The molecule has 0 bridgehead atoms. The molecule has 0 aromatic heterocycles. The third kappa shape index (κ3) is 2.94. The van der Waals surface area contributed by atoms with E-state index in [-0.39, 0.29) is 6.17 Å². The van der Waals surface area contributed by atoms with Crippen LogP contribution in [0.3, 0.4) is 0 Å². The molecule has 1 atom stereocenters. The van der Waals surface area contributed by atoms with Gasteiger partial charge in [-0.15, -0.1) is 10.2 Å². The molecule has 2 aliphatic heterocycles. The molecular formula is C21H23N5O. The topological polar surface area (TPSA) is 70.7 Å². The number of nitrogens with zero attached hydrogens (tertiary/aromatic N) is 4. The molecule has 2 aromatic rings. The van der Waals surface area contributed by atoms with Gasteiger partial charge in [-0.2, -0.15) is 0 Å². The first-order valence-electron chi connectivity index (χ1n) is 9.58. The fourth-order valence-electron chi connectivity index (χ4n) is 4.60. The molecule has 2 heterocycles. The highest BCUT2D eigenvalue weighted by Gasteiger charge is 2.54. The second kappa shape index (κ2) is 6.53. The summed E-state index contributed by atoms with van der Waals surface area (Å²) in [7, 11) is 1.69.